The van der Waals surface area contributed by atoms with Crippen molar-refractivity contribution in [3.63, 3.8) is 0 Å². The molecule has 0 bridgehead atoms. The molecule has 0 spiro atoms. The fourth-order valence-electron chi connectivity index (χ4n) is 2.75. The van der Waals surface area contributed by atoms with Crippen LogP contribution < -0.4 is 10.1 Å². The first-order chi connectivity index (χ1) is 13.1. The molecule has 0 aliphatic heterocycles. The number of carbonyl (C=O) groups excluding carboxylic acids is 1. The molecule has 1 amide bonds. The highest BCUT2D eigenvalue weighted by atomic mass is 19.1. The smallest absolute Gasteiger partial charge is 0.220 e. The van der Waals surface area contributed by atoms with Gasteiger partial charge in [-0.1, -0.05) is 18.2 Å². The number of rotatable bonds is 8. The molecule has 2 aromatic carbocycles. The Morgan fingerprint density at radius 3 is 2.85 bits per heavy atom. The first-order valence-electron chi connectivity index (χ1n) is 8.80. The summed E-state index contributed by atoms with van der Waals surface area (Å²) in [6.07, 6.45) is 2.61. The third-order valence-corrected chi connectivity index (χ3v) is 4.13. The van der Waals surface area contributed by atoms with Gasteiger partial charge in [-0.2, -0.15) is 0 Å². The second kappa shape index (κ2) is 9.07. The molecule has 0 radical (unpaired) electrons. The highest BCUT2D eigenvalue weighted by Crippen LogP contribution is 2.22. The summed E-state index contributed by atoms with van der Waals surface area (Å²) in [5.74, 6) is -0.500. The van der Waals surface area contributed by atoms with Crippen LogP contribution in [-0.4, -0.2) is 24.0 Å². The fourth-order valence-corrected chi connectivity index (χ4v) is 2.75. The average molecular weight is 370 g/mol. The third-order valence-electron chi connectivity index (χ3n) is 4.13. The summed E-state index contributed by atoms with van der Waals surface area (Å²) < 4.78 is 32.4. The van der Waals surface area contributed by atoms with Crippen molar-refractivity contribution in [3.8, 4) is 5.75 Å². The SMILES string of the molecule is O=C(CCc1cc(F)ccc1F)NCCCOc1cccc2cccnc12. The Kier molecular flexibility index (Phi) is 6.30. The maximum absolute atomic E-state index is 13.5. The number of para-hydroxylation sites is 1. The Morgan fingerprint density at radius 2 is 1.96 bits per heavy atom. The zero-order valence-corrected chi connectivity index (χ0v) is 14.8. The lowest BCUT2D eigenvalue weighted by molar-refractivity contribution is -0.121. The predicted octanol–water partition coefficient (Wildman–Crippen LogP) is 4.03. The van der Waals surface area contributed by atoms with Crippen LogP contribution in [0.2, 0.25) is 0 Å². The number of hydrogen-bond acceptors (Lipinski definition) is 3. The lowest BCUT2D eigenvalue weighted by Gasteiger charge is -2.09. The van der Waals surface area contributed by atoms with Crippen LogP contribution >= 0.6 is 0 Å². The van der Waals surface area contributed by atoms with Gasteiger partial charge in [0.25, 0.3) is 0 Å². The van der Waals surface area contributed by atoms with Gasteiger partial charge in [0.15, 0.2) is 0 Å². The van der Waals surface area contributed by atoms with Gasteiger partial charge in [0.1, 0.15) is 22.9 Å². The Bertz CT molecular complexity index is 926. The summed E-state index contributed by atoms with van der Waals surface area (Å²) >= 11 is 0. The van der Waals surface area contributed by atoms with Gasteiger partial charge in [-0.05, 0) is 48.7 Å². The number of aromatic nitrogens is 1. The monoisotopic (exact) mass is 370 g/mol. The highest BCUT2D eigenvalue weighted by molar-refractivity contribution is 5.84. The van der Waals surface area contributed by atoms with Crippen LogP contribution in [0.25, 0.3) is 10.9 Å². The van der Waals surface area contributed by atoms with Crippen molar-refractivity contribution in [2.24, 2.45) is 0 Å². The number of pyridine rings is 1. The van der Waals surface area contributed by atoms with Crippen LogP contribution in [0.4, 0.5) is 8.78 Å². The molecule has 4 nitrogen and oxygen atoms in total. The van der Waals surface area contributed by atoms with E-state index >= 15 is 0 Å². The molecular formula is C21H20F2N2O2. The largest absolute Gasteiger partial charge is 0.491 e. The molecule has 1 heterocycles. The minimum absolute atomic E-state index is 0.106. The Morgan fingerprint density at radius 1 is 1.11 bits per heavy atom. The van der Waals surface area contributed by atoms with Gasteiger partial charge in [-0.3, -0.25) is 9.78 Å². The van der Waals surface area contributed by atoms with Gasteiger partial charge >= 0.3 is 0 Å². The molecule has 6 heteroatoms. The van der Waals surface area contributed by atoms with E-state index in [1.165, 1.54) is 0 Å². The van der Waals surface area contributed by atoms with E-state index in [1.54, 1.807) is 6.20 Å². The number of carbonyl (C=O) groups is 1. The fraction of sp³-hybridized carbons (Fsp3) is 0.238. The molecule has 0 fully saturated rings. The summed E-state index contributed by atoms with van der Waals surface area (Å²) in [6, 6.07) is 12.8. The quantitative estimate of drug-likeness (QED) is 0.609. The molecule has 1 aromatic heterocycles. The van der Waals surface area contributed by atoms with Crippen molar-refractivity contribution in [2.75, 3.05) is 13.2 Å². The van der Waals surface area contributed by atoms with Gasteiger partial charge in [-0.25, -0.2) is 8.78 Å². The summed E-state index contributed by atoms with van der Waals surface area (Å²) in [5.41, 5.74) is 1.01. The molecule has 0 saturated heterocycles. The lowest BCUT2D eigenvalue weighted by atomic mass is 10.1. The minimum atomic E-state index is -0.508. The van der Waals surface area contributed by atoms with Crippen LogP contribution in [0.3, 0.4) is 0 Å². The van der Waals surface area contributed by atoms with E-state index in [4.69, 9.17) is 4.74 Å². The topological polar surface area (TPSA) is 51.2 Å². The molecule has 0 saturated carbocycles. The van der Waals surface area contributed by atoms with E-state index in [0.717, 1.165) is 29.1 Å². The van der Waals surface area contributed by atoms with E-state index in [2.05, 4.69) is 10.3 Å². The van der Waals surface area contributed by atoms with Gasteiger partial charge in [0, 0.05) is 24.5 Å². The number of hydrogen-bond donors (Lipinski definition) is 1. The second-order valence-electron chi connectivity index (χ2n) is 6.12. The van der Waals surface area contributed by atoms with Crippen molar-refractivity contribution < 1.29 is 18.3 Å². The van der Waals surface area contributed by atoms with Gasteiger partial charge in [0.2, 0.25) is 5.91 Å². The van der Waals surface area contributed by atoms with Gasteiger partial charge < -0.3 is 10.1 Å². The number of benzene rings is 2. The first-order valence-corrected chi connectivity index (χ1v) is 8.80. The average Bonchev–Trinajstić information content (AvgIpc) is 2.68. The second-order valence-corrected chi connectivity index (χ2v) is 6.12. The zero-order chi connectivity index (χ0) is 19.1. The molecule has 140 valence electrons. The first kappa shape index (κ1) is 18.8. The highest BCUT2D eigenvalue weighted by Gasteiger charge is 2.07. The minimum Gasteiger partial charge on any atom is -0.491 e. The predicted molar refractivity (Wildman–Crippen MR) is 99.5 cm³/mol. The molecule has 3 rings (SSSR count). The number of amides is 1. The molecule has 0 atom stereocenters. The van der Waals surface area contributed by atoms with Crippen molar-refractivity contribution >= 4 is 16.8 Å². The van der Waals surface area contributed by atoms with Crippen molar-refractivity contribution in [3.05, 3.63) is 71.9 Å². The molecule has 3 aromatic rings. The number of aryl methyl sites for hydroxylation is 1. The lowest BCUT2D eigenvalue weighted by Crippen LogP contribution is -2.25. The van der Waals surface area contributed by atoms with Crippen LogP contribution in [0, 0.1) is 11.6 Å². The third kappa shape index (κ3) is 5.23. The molecule has 27 heavy (non-hydrogen) atoms. The zero-order valence-electron chi connectivity index (χ0n) is 14.8. The van der Waals surface area contributed by atoms with Crippen LogP contribution in [0.1, 0.15) is 18.4 Å². The normalized spacial score (nSPS) is 10.7. The summed E-state index contributed by atoms with van der Waals surface area (Å²) in [5, 5.41) is 3.77. The van der Waals surface area contributed by atoms with Crippen LogP contribution in [0.15, 0.2) is 54.7 Å². The standard InChI is InChI=1S/C21H20F2N2O2/c22-17-8-9-18(23)16(14-17)7-10-20(26)24-12-3-13-27-19-6-1-4-15-5-2-11-25-21(15)19/h1-2,4-6,8-9,11,14H,3,7,10,12-13H2,(H,24,26). The number of ether oxygens (including phenoxy) is 1. The van der Waals surface area contributed by atoms with E-state index in [9.17, 15) is 13.6 Å². The molecule has 0 aliphatic carbocycles. The van der Waals surface area contributed by atoms with Crippen molar-refractivity contribution in [2.45, 2.75) is 19.3 Å². The molecule has 0 aliphatic rings. The maximum atomic E-state index is 13.5. The van der Waals surface area contributed by atoms with Gasteiger partial charge in [-0.15, -0.1) is 0 Å². The van der Waals surface area contributed by atoms with Gasteiger partial charge in [0.05, 0.1) is 6.61 Å². The Balaban J connectivity index is 1.38. The number of halogens is 2. The summed E-state index contributed by atoms with van der Waals surface area (Å²) in [7, 11) is 0. The molecule has 0 unspecified atom stereocenters. The Labute approximate surface area is 156 Å². The van der Waals surface area contributed by atoms with Crippen molar-refractivity contribution in [1.82, 2.24) is 10.3 Å². The van der Waals surface area contributed by atoms with Crippen LogP contribution in [-0.2, 0) is 11.2 Å². The van der Waals surface area contributed by atoms with Crippen molar-refractivity contribution in [1.29, 1.82) is 0 Å². The number of fused-ring (bicyclic) bond motifs is 1. The number of nitrogens with zero attached hydrogens (tertiary/aromatic N) is 1. The van der Waals surface area contributed by atoms with Crippen LogP contribution in [0.5, 0.6) is 5.75 Å². The summed E-state index contributed by atoms with van der Waals surface area (Å²) in [4.78, 5) is 16.2. The number of nitrogens with one attached hydrogen (secondary N) is 1. The van der Waals surface area contributed by atoms with E-state index in [-0.39, 0.29) is 24.3 Å². The maximum Gasteiger partial charge on any atom is 0.220 e. The molecule has 1 N–H and O–H groups in total. The Hall–Kier alpha value is -3.02. The van der Waals surface area contributed by atoms with E-state index < -0.39 is 11.6 Å². The van der Waals surface area contributed by atoms with E-state index in [0.29, 0.717) is 25.3 Å². The molecular weight excluding hydrogens is 350 g/mol. The van der Waals surface area contributed by atoms with E-state index in [1.807, 2.05) is 30.3 Å². The summed E-state index contributed by atoms with van der Waals surface area (Å²) in [6.45, 7) is 0.886.